The van der Waals surface area contributed by atoms with Crippen LogP contribution in [-0.2, 0) is 4.79 Å². The highest BCUT2D eigenvalue weighted by Crippen LogP contribution is 2.27. The van der Waals surface area contributed by atoms with Gasteiger partial charge >= 0.3 is 0 Å². The molecule has 1 amide bonds. The van der Waals surface area contributed by atoms with Crippen molar-refractivity contribution in [2.45, 2.75) is 19.3 Å². The highest BCUT2D eigenvalue weighted by molar-refractivity contribution is 14.0. The van der Waals surface area contributed by atoms with Gasteiger partial charge in [0.25, 0.3) is 0 Å². The van der Waals surface area contributed by atoms with Crippen LogP contribution >= 0.6 is 24.0 Å². The number of aliphatic imine (C=N–C) groups is 1. The van der Waals surface area contributed by atoms with Gasteiger partial charge in [-0.05, 0) is 31.0 Å². The second-order valence-corrected chi connectivity index (χ2v) is 6.78. The average Bonchev–Trinajstić information content (AvgIpc) is 3.22. The van der Waals surface area contributed by atoms with Crippen molar-refractivity contribution < 1.29 is 18.0 Å². The van der Waals surface area contributed by atoms with Crippen molar-refractivity contribution in [1.29, 1.82) is 0 Å². The van der Waals surface area contributed by atoms with Crippen LogP contribution < -0.4 is 10.6 Å². The van der Waals surface area contributed by atoms with E-state index in [4.69, 9.17) is 0 Å². The Balaban J connectivity index is 0.00000320. The minimum atomic E-state index is -1.62. The Hall–Kier alpha value is -2.30. The molecule has 0 bridgehead atoms. The first-order valence-corrected chi connectivity index (χ1v) is 9.51. The van der Waals surface area contributed by atoms with Gasteiger partial charge in [0.2, 0.25) is 5.91 Å². The monoisotopic (exact) mass is 532 g/mol. The molecule has 2 N–H and O–H groups in total. The molecule has 2 aromatic carbocycles. The standard InChI is InChI=1S/C21H23F3N4O.HI/c1-2-25-21(28-11-10-15(13-28)14-6-4-3-5-7-14)26-12-18(29)27-17-9-8-16(22)19(23)20(17)24;/h3-9,15H,2,10-13H2,1H3,(H,25,26)(H,27,29);1H. The number of nitrogens with one attached hydrogen (secondary N) is 2. The lowest BCUT2D eigenvalue weighted by atomic mass is 9.99. The van der Waals surface area contributed by atoms with E-state index in [0.29, 0.717) is 18.4 Å². The summed E-state index contributed by atoms with van der Waals surface area (Å²) >= 11 is 0. The van der Waals surface area contributed by atoms with E-state index in [2.05, 4.69) is 32.7 Å². The van der Waals surface area contributed by atoms with Crippen molar-refractivity contribution in [2.75, 3.05) is 31.5 Å². The van der Waals surface area contributed by atoms with Crippen LogP contribution in [0.15, 0.2) is 47.5 Å². The summed E-state index contributed by atoms with van der Waals surface area (Å²) in [5, 5.41) is 5.38. The maximum atomic E-state index is 13.7. The normalized spacial score (nSPS) is 16.2. The van der Waals surface area contributed by atoms with Gasteiger partial charge in [0, 0.05) is 25.6 Å². The van der Waals surface area contributed by atoms with Crippen LogP contribution in [-0.4, -0.2) is 42.9 Å². The molecule has 0 radical (unpaired) electrons. The Morgan fingerprint density at radius 3 is 2.57 bits per heavy atom. The van der Waals surface area contributed by atoms with Crippen molar-refractivity contribution in [3.63, 3.8) is 0 Å². The maximum Gasteiger partial charge on any atom is 0.246 e. The number of hydrogen-bond acceptors (Lipinski definition) is 2. The molecule has 1 aliphatic rings. The third-order valence-electron chi connectivity index (χ3n) is 4.78. The molecule has 0 spiro atoms. The second kappa shape index (κ2) is 11.2. The predicted molar refractivity (Wildman–Crippen MR) is 122 cm³/mol. The molecular formula is C21H24F3IN4O. The van der Waals surface area contributed by atoms with Gasteiger partial charge in [0.1, 0.15) is 6.54 Å². The number of halogens is 4. The van der Waals surface area contributed by atoms with E-state index in [9.17, 15) is 18.0 Å². The molecular weight excluding hydrogens is 508 g/mol. The number of nitrogens with zero attached hydrogens (tertiary/aromatic N) is 2. The fraction of sp³-hybridized carbons (Fsp3) is 0.333. The number of carbonyl (C=O) groups is 1. The van der Waals surface area contributed by atoms with Gasteiger partial charge < -0.3 is 15.5 Å². The summed E-state index contributed by atoms with van der Waals surface area (Å²) in [6.07, 6.45) is 0.973. The summed E-state index contributed by atoms with van der Waals surface area (Å²) in [6.45, 7) is 3.86. The lowest BCUT2D eigenvalue weighted by Gasteiger charge is -2.21. The summed E-state index contributed by atoms with van der Waals surface area (Å²) in [5.41, 5.74) is 0.844. The Kier molecular flexibility index (Phi) is 8.94. The van der Waals surface area contributed by atoms with E-state index in [0.717, 1.165) is 31.6 Å². The zero-order valence-electron chi connectivity index (χ0n) is 16.5. The first-order valence-electron chi connectivity index (χ1n) is 9.51. The van der Waals surface area contributed by atoms with Crippen molar-refractivity contribution in [3.05, 3.63) is 65.5 Å². The van der Waals surface area contributed by atoms with Gasteiger partial charge in [0.05, 0.1) is 5.69 Å². The lowest BCUT2D eigenvalue weighted by Crippen LogP contribution is -2.40. The number of guanidine groups is 1. The molecule has 1 heterocycles. The van der Waals surface area contributed by atoms with Crippen LogP contribution in [0.4, 0.5) is 18.9 Å². The zero-order chi connectivity index (χ0) is 20.8. The molecule has 5 nitrogen and oxygen atoms in total. The SMILES string of the molecule is CCNC(=NCC(=O)Nc1ccc(F)c(F)c1F)N1CCC(c2ccccc2)C1.I. The summed E-state index contributed by atoms with van der Waals surface area (Å²) in [5.74, 6) is -4.01. The number of carbonyl (C=O) groups excluding carboxylic acids is 1. The molecule has 1 saturated heterocycles. The summed E-state index contributed by atoms with van der Waals surface area (Å²) in [4.78, 5) is 18.5. The van der Waals surface area contributed by atoms with Crippen LogP contribution in [0.5, 0.6) is 0 Å². The maximum absolute atomic E-state index is 13.7. The predicted octanol–water partition coefficient (Wildman–Crippen LogP) is 4.12. The number of anilines is 1. The summed E-state index contributed by atoms with van der Waals surface area (Å²) in [7, 11) is 0. The molecule has 1 unspecified atom stereocenters. The molecule has 2 aromatic rings. The van der Waals surface area contributed by atoms with E-state index >= 15 is 0 Å². The number of amides is 1. The number of rotatable bonds is 5. The molecule has 9 heteroatoms. The van der Waals surface area contributed by atoms with E-state index in [1.807, 2.05) is 25.1 Å². The van der Waals surface area contributed by atoms with Gasteiger partial charge in [-0.25, -0.2) is 18.2 Å². The smallest absolute Gasteiger partial charge is 0.246 e. The molecule has 1 atom stereocenters. The van der Waals surface area contributed by atoms with Gasteiger partial charge in [-0.1, -0.05) is 30.3 Å². The van der Waals surface area contributed by atoms with E-state index in [1.54, 1.807) is 0 Å². The number of benzene rings is 2. The fourth-order valence-electron chi connectivity index (χ4n) is 3.33. The highest BCUT2D eigenvalue weighted by atomic mass is 127. The summed E-state index contributed by atoms with van der Waals surface area (Å²) < 4.78 is 40.0. The Labute approximate surface area is 190 Å². The molecule has 1 aliphatic heterocycles. The minimum absolute atomic E-state index is 0. The van der Waals surface area contributed by atoms with E-state index in [1.165, 1.54) is 5.56 Å². The molecule has 0 aliphatic carbocycles. The van der Waals surface area contributed by atoms with Gasteiger partial charge in [-0.15, -0.1) is 24.0 Å². The second-order valence-electron chi connectivity index (χ2n) is 6.78. The van der Waals surface area contributed by atoms with Crippen LogP contribution in [0, 0.1) is 17.5 Å². The quantitative estimate of drug-likeness (QED) is 0.264. The molecule has 0 saturated carbocycles. The minimum Gasteiger partial charge on any atom is -0.357 e. The third kappa shape index (κ3) is 5.87. The first-order chi connectivity index (χ1) is 14.0. The van der Waals surface area contributed by atoms with Crippen molar-refractivity contribution in [1.82, 2.24) is 10.2 Å². The van der Waals surface area contributed by atoms with Crippen LogP contribution in [0.3, 0.4) is 0 Å². The molecule has 1 fully saturated rings. The van der Waals surface area contributed by atoms with Crippen molar-refractivity contribution in [3.8, 4) is 0 Å². The first kappa shape index (κ1) is 24.0. The molecule has 30 heavy (non-hydrogen) atoms. The molecule has 162 valence electrons. The molecule has 3 rings (SSSR count). The number of likely N-dealkylation sites (tertiary alicyclic amines) is 1. The summed E-state index contributed by atoms with van der Waals surface area (Å²) in [6, 6.07) is 11.9. The van der Waals surface area contributed by atoms with Crippen molar-refractivity contribution >= 4 is 41.5 Å². The van der Waals surface area contributed by atoms with Crippen LogP contribution in [0.2, 0.25) is 0 Å². The average molecular weight is 532 g/mol. The highest BCUT2D eigenvalue weighted by Gasteiger charge is 2.26. The van der Waals surface area contributed by atoms with Gasteiger partial charge in [0.15, 0.2) is 23.4 Å². The largest absolute Gasteiger partial charge is 0.357 e. The van der Waals surface area contributed by atoms with Crippen molar-refractivity contribution in [2.24, 2.45) is 4.99 Å². The van der Waals surface area contributed by atoms with Crippen LogP contribution in [0.1, 0.15) is 24.8 Å². The Morgan fingerprint density at radius 1 is 1.13 bits per heavy atom. The third-order valence-corrected chi connectivity index (χ3v) is 4.78. The Bertz CT molecular complexity index is 895. The molecule has 0 aromatic heterocycles. The van der Waals surface area contributed by atoms with Gasteiger partial charge in [-0.2, -0.15) is 0 Å². The van der Waals surface area contributed by atoms with E-state index in [-0.39, 0.29) is 30.5 Å². The van der Waals surface area contributed by atoms with E-state index < -0.39 is 29.0 Å². The zero-order valence-corrected chi connectivity index (χ0v) is 18.8. The van der Waals surface area contributed by atoms with Gasteiger partial charge in [-0.3, -0.25) is 4.79 Å². The Morgan fingerprint density at radius 2 is 1.87 bits per heavy atom. The lowest BCUT2D eigenvalue weighted by molar-refractivity contribution is -0.114. The fourth-order valence-corrected chi connectivity index (χ4v) is 3.33. The topological polar surface area (TPSA) is 56.7 Å². The number of hydrogen-bond donors (Lipinski definition) is 2. The van der Waals surface area contributed by atoms with Crippen LogP contribution in [0.25, 0.3) is 0 Å².